The summed E-state index contributed by atoms with van der Waals surface area (Å²) in [5.41, 5.74) is 1.42. The minimum absolute atomic E-state index is 0.0889. The van der Waals surface area contributed by atoms with Gasteiger partial charge in [-0.1, -0.05) is 30.3 Å². The molecule has 0 aromatic heterocycles. The topological polar surface area (TPSA) is 29.5 Å². The van der Waals surface area contributed by atoms with Gasteiger partial charge in [-0.15, -0.1) is 0 Å². The van der Waals surface area contributed by atoms with Crippen LogP contribution in [0.4, 0.5) is 0 Å². The van der Waals surface area contributed by atoms with E-state index in [4.69, 9.17) is 4.74 Å². The maximum absolute atomic E-state index is 11.8. The second kappa shape index (κ2) is 7.44. The molecule has 1 aliphatic rings. The lowest BCUT2D eigenvalue weighted by molar-refractivity contribution is -0.149. The van der Waals surface area contributed by atoms with Crippen LogP contribution in [0, 0.1) is 5.92 Å². The first kappa shape index (κ1) is 15.0. The zero-order valence-corrected chi connectivity index (χ0v) is 12.5. The number of carbonyl (C=O) groups excluding carboxylic acids is 1. The number of ether oxygens (including phenoxy) is 1. The van der Waals surface area contributed by atoms with Gasteiger partial charge in [-0.3, -0.25) is 9.69 Å². The van der Waals surface area contributed by atoms with E-state index in [0.29, 0.717) is 6.61 Å². The van der Waals surface area contributed by atoms with Gasteiger partial charge in [-0.25, -0.2) is 0 Å². The lowest BCUT2D eigenvalue weighted by Gasteiger charge is -2.34. The molecule has 1 aliphatic heterocycles. The van der Waals surface area contributed by atoms with E-state index >= 15 is 0 Å². The smallest absolute Gasteiger partial charge is 0.323 e. The molecule has 1 saturated heterocycles. The van der Waals surface area contributed by atoms with E-state index in [-0.39, 0.29) is 12.0 Å². The van der Waals surface area contributed by atoms with Crippen LogP contribution in [0.5, 0.6) is 0 Å². The lowest BCUT2D eigenvalue weighted by Crippen LogP contribution is -2.44. The van der Waals surface area contributed by atoms with Crippen LogP contribution in [0.15, 0.2) is 30.3 Å². The fourth-order valence-corrected chi connectivity index (χ4v) is 2.90. The van der Waals surface area contributed by atoms with E-state index in [1.54, 1.807) is 0 Å². The Morgan fingerprint density at radius 2 is 1.95 bits per heavy atom. The summed E-state index contributed by atoms with van der Waals surface area (Å²) in [5, 5.41) is 0. The Hall–Kier alpha value is -1.35. The third-order valence-electron chi connectivity index (χ3n) is 4.19. The second-order valence-electron chi connectivity index (χ2n) is 5.60. The van der Waals surface area contributed by atoms with Gasteiger partial charge in [0.1, 0.15) is 6.04 Å². The molecule has 3 nitrogen and oxygen atoms in total. The monoisotopic (exact) mass is 275 g/mol. The summed E-state index contributed by atoms with van der Waals surface area (Å²) in [6.45, 7) is 6.27. The van der Waals surface area contributed by atoms with E-state index in [1.165, 1.54) is 18.4 Å². The first-order valence-electron chi connectivity index (χ1n) is 7.65. The van der Waals surface area contributed by atoms with Crippen molar-refractivity contribution in [1.82, 2.24) is 4.90 Å². The molecule has 0 bridgehead atoms. The molecule has 1 atom stereocenters. The number of nitrogens with zero attached hydrogens (tertiary/aromatic N) is 1. The Labute approximate surface area is 121 Å². The zero-order chi connectivity index (χ0) is 14.4. The molecule has 1 aromatic rings. The van der Waals surface area contributed by atoms with Crippen molar-refractivity contribution in [2.24, 2.45) is 5.92 Å². The highest BCUT2D eigenvalue weighted by Crippen LogP contribution is 2.23. The molecule has 1 fully saturated rings. The minimum atomic E-state index is -0.104. The molecule has 1 aromatic carbocycles. The van der Waals surface area contributed by atoms with Gasteiger partial charge in [0.25, 0.3) is 0 Å². The summed E-state index contributed by atoms with van der Waals surface area (Å²) in [5.74, 6) is 0.650. The number of piperidine rings is 1. The Morgan fingerprint density at radius 1 is 1.30 bits per heavy atom. The number of hydrogen-bond donors (Lipinski definition) is 0. The van der Waals surface area contributed by atoms with E-state index in [1.807, 2.05) is 13.8 Å². The van der Waals surface area contributed by atoms with Crippen LogP contribution in [-0.4, -0.2) is 36.6 Å². The molecule has 2 rings (SSSR count). The Balaban J connectivity index is 1.79. The van der Waals surface area contributed by atoms with Crippen LogP contribution in [0.1, 0.15) is 32.3 Å². The van der Waals surface area contributed by atoms with Gasteiger partial charge in [-0.05, 0) is 57.7 Å². The largest absolute Gasteiger partial charge is 0.465 e. The standard InChI is InChI=1S/C17H25NO2/c1-3-20-17(19)14(2)18-11-9-16(10-12-18)13-15-7-5-4-6-8-15/h4-8,14,16H,3,9-13H2,1-2H3/t14-/m0/s1. The SMILES string of the molecule is CCOC(=O)[C@H](C)N1CCC(Cc2ccccc2)CC1. The lowest BCUT2D eigenvalue weighted by atomic mass is 9.89. The highest BCUT2D eigenvalue weighted by molar-refractivity contribution is 5.75. The number of rotatable bonds is 5. The van der Waals surface area contributed by atoms with Crippen molar-refractivity contribution in [3.05, 3.63) is 35.9 Å². The number of likely N-dealkylation sites (tertiary alicyclic amines) is 1. The third kappa shape index (κ3) is 4.07. The average molecular weight is 275 g/mol. The molecule has 0 amide bonds. The number of esters is 1. The highest BCUT2D eigenvalue weighted by Gasteiger charge is 2.27. The maximum atomic E-state index is 11.8. The van der Waals surface area contributed by atoms with Crippen molar-refractivity contribution in [3.63, 3.8) is 0 Å². The number of hydrogen-bond acceptors (Lipinski definition) is 3. The molecule has 1 heterocycles. The molecular weight excluding hydrogens is 250 g/mol. The van der Waals surface area contributed by atoms with E-state index < -0.39 is 0 Å². The fourth-order valence-electron chi connectivity index (χ4n) is 2.90. The van der Waals surface area contributed by atoms with Crippen LogP contribution in [0.3, 0.4) is 0 Å². The molecule has 20 heavy (non-hydrogen) atoms. The normalized spacial score (nSPS) is 18.7. The molecular formula is C17H25NO2. The summed E-state index contributed by atoms with van der Waals surface area (Å²) < 4.78 is 5.10. The van der Waals surface area contributed by atoms with Crippen molar-refractivity contribution in [1.29, 1.82) is 0 Å². The average Bonchev–Trinajstić information content (AvgIpc) is 2.48. The van der Waals surface area contributed by atoms with Crippen molar-refractivity contribution in [2.75, 3.05) is 19.7 Å². The van der Waals surface area contributed by atoms with Gasteiger partial charge in [0.15, 0.2) is 0 Å². The molecule has 0 spiro atoms. The van der Waals surface area contributed by atoms with Crippen LogP contribution in [0.25, 0.3) is 0 Å². The summed E-state index contributed by atoms with van der Waals surface area (Å²) in [6, 6.07) is 10.6. The van der Waals surface area contributed by atoms with Crippen molar-refractivity contribution >= 4 is 5.97 Å². The van der Waals surface area contributed by atoms with Gasteiger partial charge in [0.05, 0.1) is 6.61 Å². The summed E-state index contributed by atoms with van der Waals surface area (Å²) >= 11 is 0. The molecule has 0 radical (unpaired) electrons. The summed E-state index contributed by atoms with van der Waals surface area (Å²) in [6.07, 6.45) is 3.49. The minimum Gasteiger partial charge on any atom is -0.465 e. The van der Waals surface area contributed by atoms with Crippen LogP contribution in [-0.2, 0) is 16.0 Å². The molecule has 110 valence electrons. The van der Waals surface area contributed by atoms with Gasteiger partial charge in [0, 0.05) is 0 Å². The van der Waals surface area contributed by atoms with Crippen molar-refractivity contribution in [3.8, 4) is 0 Å². The first-order chi connectivity index (χ1) is 9.70. The first-order valence-corrected chi connectivity index (χ1v) is 7.65. The second-order valence-corrected chi connectivity index (χ2v) is 5.60. The predicted octanol–water partition coefficient (Wildman–Crippen LogP) is 2.89. The van der Waals surface area contributed by atoms with Gasteiger partial charge >= 0.3 is 5.97 Å². The van der Waals surface area contributed by atoms with E-state index in [9.17, 15) is 4.79 Å². The Bertz CT molecular complexity index is 410. The third-order valence-corrected chi connectivity index (χ3v) is 4.19. The summed E-state index contributed by atoms with van der Waals surface area (Å²) in [4.78, 5) is 14.0. The number of benzene rings is 1. The molecule has 0 unspecified atom stereocenters. The maximum Gasteiger partial charge on any atom is 0.323 e. The molecule has 0 aliphatic carbocycles. The predicted molar refractivity (Wildman–Crippen MR) is 80.5 cm³/mol. The van der Waals surface area contributed by atoms with Crippen LogP contribution >= 0.6 is 0 Å². The van der Waals surface area contributed by atoms with Gasteiger partial charge < -0.3 is 4.74 Å². The Kier molecular flexibility index (Phi) is 5.60. The Morgan fingerprint density at radius 3 is 2.55 bits per heavy atom. The fraction of sp³-hybridized carbons (Fsp3) is 0.588. The van der Waals surface area contributed by atoms with Crippen LogP contribution < -0.4 is 0 Å². The van der Waals surface area contributed by atoms with E-state index in [2.05, 4.69) is 35.2 Å². The molecule has 0 N–H and O–H groups in total. The van der Waals surface area contributed by atoms with Crippen molar-refractivity contribution < 1.29 is 9.53 Å². The summed E-state index contributed by atoms with van der Waals surface area (Å²) in [7, 11) is 0. The van der Waals surface area contributed by atoms with Crippen molar-refractivity contribution in [2.45, 2.75) is 39.2 Å². The van der Waals surface area contributed by atoms with Crippen LogP contribution in [0.2, 0.25) is 0 Å². The van der Waals surface area contributed by atoms with Gasteiger partial charge in [-0.2, -0.15) is 0 Å². The van der Waals surface area contributed by atoms with E-state index in [0.717, 1.165) is 25.4 Å². The molecule has 3 heteroatoms. The number of carbonyl (C=O) groups is 1. The molecule has 0 saturated carbocycles. The quantitative estimate of drug-likeness (QED) is 0.774. The zero-order valence-electron chi connectivity index (χ0n) is 12.5. The van der Waals surface area contributed by atoms with Gasteiger partial charge in [0.2, 0.25) is 0 Å². The highest BCUT2D eigenvalue weighted by atomic mass is 16.5.